The van der Waals surface area contributed by atoms with Crippen molar-refractivity contribution in [2.24, 2.45) is 0 Å². The maximum absolute atomic E-state index is 13.5. The minimum absolute atomic E-state index is 0. The molecular formula is C25H29LiN2O5. The fourth-order valence-electron chi connectivity index (χ4n) is 3.85. The predicted molar refractivity (Wildman–Crippen MR) is 118 cm³/mol. The van der Waals surface area contributed by atoms with Gasteiger partial charge in [0.05, 0.1) is 12.0 Å². The van der Waals surface area contributed by atoms with E-state index in [9.17, 15) is 19.5 Å². The zero-order valence-electron chi connectivity index (χ0n) is 19.7. The summed E-state index contributed by atoms with van der Waals surface area (Å²) in [5.74, 6) is -1.73. The Labute approximate surface area is 206 Å². The van der Waals surface area contributed by atoms with Crippen LogP contribution < -0.4 is 24.0 Å². The second-order valence-electron chi connectivity index (χ2n) is 8.94. The molecule has 2 amide bonds. The first kappa shape index (κ1) is 26.5. The molecule has 1 aliphatic rings. The summed E-state index contributed by atoms with van der Waals surface area (Å²) >= 11 is 0. The molecule has 0 aromatic heterocycles. The number of ether oxygens (including phenoxy) is 1. The van der Waals surface area contributed by atoms with E-state index in [4.69, 9.17) is 4.74 Å². The Morgan fingerprint density at radius 3 is 2.06 bits per heavy atom. The van der Waals surface area contributed by atoms with Crippen LogP contribution in [0.15, 0.2) is 60.7 Å². The number of aliphatic carboxylic acids is 1. The Kier molecular flexibility index (Phi) is 9.15. The molecule has 0 saturated carbocycles. The summed E-state index contributed by atoms with van der Waals surface area (Å²) in [6.07, 6.45) is -0.181. The van der Waals surface area contributed by atoms with Crippen LogP contribution in [0.2, 0.25) is 0 Å². The van der Waals surface area contributed by atoms with E-state index in [0.29, 0.717) is 0 Å². The van der Waals surface area contributed by atoms with Crippen LogP contribution >= 0.6 is 0 Å². The van der Waals surface area contributed by atoms with Crippen molar-refractivity contribution in [2.45, 2.75) is 51.3 Å². The molecule has 170 valence electrons. The van der Waals surface area contributed by atoms with Gasteiger partial charge in [0.15, 0.2) is 0 Å². The first-order valence-electron chi connectivity index (χ1n) is 10.7. The number of nitrogens with zero attached hydrogens (tertiary/aromatic N) is 2. The van der Waals surface area contributed by atoms with Crippen LogP contribution in [0, 0.1) is 0 Å². The van der Waals surface area contributed by atoms with Gasteiger partial charge in [-0.05, 0) is 38.3 Å². The Morgan fingerprint density at radius 1 is 1.00 bits per heavy atom. The topological polar surface area (TPSA) is 90.0 Å². The Morgan fingerprint density at radius 2 is 1.55 bits per heavy atom. The summed E-state index contributed by atoms with van der Waals surface area (Å²) in [4.78, 5) is 41.1. The summed E-state index contributed by atoms with van der Waals surface area (Å²) < 4.78 is 5.52. The fourth-order valence-corrected chi connectivity index (χ4v) is 3.85. The predicted octanol–water partition coefficient (Wildman–Crippen LogP) is -0.958. The maximum atomic E-state index is 13.5. The number of hydrogen-bond acceptors (Lipinski definition) is 5. The number of benzene rings is 2. The van der Waals surface area contributed by atoms with Gasteiger partial charge in [0.2, 0.25) is 5.91 Å². The average molecular weight is 444 g/mol. The van der Waals surface area contributed by atoms with Crippen LogP contribution in [0.3, 0.4) is 0 Å². The van der Waals surface area contributed by atoms with Crippen LogP contribution in [-0.4, -0.2) is 58.5 Å². The molecular weight excluding hydrogens is 415 g/mol. The standard InChI is InChI=1S/C25H30N2O5.Li/c1-25(2,3)32-24(31)27-15-14-26(21(23(29)30)17-19-12-8-5-9-13-19)22(28)20(27)16-18-10-6-4-7-11-18;/h4-13,20-21H,14-17H2,1-3H3,(H,29,30);/q;+1/p-1/t20-,21-;/m0./s1. The normalized spacial score (nSPS) is 17.2. The average Bonchev–Trinajstić information content (AvgIpc) is 2.74. The zero-order valence-corrected chi connectivity index (χ0v) is 19.7. The summed E-state index contributed by atoms with van der Waals surface area (Å²) in [6, 6.07) is 16.5. The van der Waals surface area contributed by atoms with Gasteiger partial charge in [-0.15, -0.1) is 0 Å². The third-order valence-electron chi connectivity index (χ3n) is 5.35. The van der Waals surface area contributed by atoms with Gasteiger partial charge in [0.25, 0.3) is 0 Å². The van der Waals surface area contributed by atoms with Gasteiger partial charge in [0.1, 0.15) is 11.6 Å². The van der Waals surface area contributed by atoms with Crippen molar-refractivity contribution < 1.29 is 43.1 Å². The Bertz CT molecular complexity index is 946. The van der Waals surface area contributed by atoms with Crippen molar-refractivity contribution >= 4 is 18.0 Å². The molecule has 0 spiro atoms. The summed E-state index contributed by atoms with van der Waals surface area (Å²) in [5.41, 5.74) is 0.952. The minimum atomic E-state index is -1.31. The largest absolute Gasteiger partial charge is 1.00 e. The van der Waals surface area contributed by atoms with E-state index in [1.807, 2.05) is 60.7 Å². The molecule has 8 heteroatoms. The van der Waals surface area contributed by atoms with Gasteiger partial charge < -0.3 is 19.5 Å². The molecule has 33 heavy (non-hydrogen) atoms. The van der Waals surface area contributed by atoms with Crippen LogP contribution in [0.25, 0.3) is 0 Å². The second kappa shape index (κ2) is 11.4. The van der Waals surface area contributed by atoms with Crippen molar-refractivity contribution in [3.63, 3.8) is 0 Å². The molecule has 0 bridgehead atoms. The molecule has 3 rings (SSSR count). The van der Waals surface area contributed by atoms with E-state index in [-0.39, 0.29) is 44.8 Å². The van der Waals surface area contributed by atoms with Gasteiger partial charge in [0, 0.05) is 19.5 Å². The molecule has 1 aliphatic heterocycles. The molecule has 0 N–H and O–H groups in total. The molecule has 2 atom stereocenters. The molecule has 2 aromatic rings. The number of amides is 2. The van der Waals surface area contributed by atoms with Crippen LogP contribution in [0.5, 0.6) is 0 Å². The molecule has 1 heterocycles. The van der Waals surface area contributed by atoms with E-state index >= 15 is 0 Å². The van der Waals surface area contributed by atoms with Gasteiger partial charge in [-0.2, -0.15) is 0 Å². The zero-order chi connectivity index (χ0) is 23.3. The van der Waals surface area contributed by atoms with Crippen LogP contribution in [0.1, 0.15) is 31.9 Å². The maximum Gasteiger partial charge on any atom is 1.00 e. The van der Waals surface area contributed by atoms with Crippen LogP contribution in [0.4, 0.5) is 4.79 Å². The van der Waals surface area contributed by atoms with E-state index < -0.39 is 35.7 Å². The van der Waals surface area contributed by atoms with Crippen molar-refractivity contribution in [1.82, 2.24) is 9.80 Å². The first-order valence-corrected chi connectivity index (χ1v) is 10.7. The molecule has 2 aromatic carbocycles. The number of rotatable bonds is 6. The van der Waals surface area contributed by atoms with E-state index in [1.165, 1.54) is 9.80 Å². The Balaban J connectivity index is 0.00000385. The monoisotopic (exact) mass is 444 g/mol. The van der Waals surface area contributed by atoms with Gasteiger partial charge in [-0.1, -0.05) is 60.7 Å². The molecule has 1 saturated heterocycles. The summed E-state index contributed by atoms with van der Waals surface area (Å²) in [6.45, 7) is 5.56. The number of carbonyl (C=O) groups excluding carboxylic acids is 3. The molecule has 1 fully saturated rings. The van der Waals surface area contributed by atoms with E-state index in [1.54, 1.807) is 20.8 Å². The van der Waals surface area contributed by atoms with Gasteiger partial charge >= 0.3 is 25.0 Å². The number of carboxylic acid groups (broad SMARTS) is 1. The quantitative estimate of drug-likeness (QED) is 0.536. The molecule has 0 radical (unpaired) electrons. The third-order valence-corrected chi connectivity index (χ3v) is 5.35. The van der Waals surface area contributed by atoms with Crippen molar-refractivity contribution in [2.75, 3.05) is 13.1 Å². The summed E-state index contributed by atoms with van der Waals surface area (Å²) in [5, 5.41) is 12.0. The number of carbonyl (C=O) groups is 3. The summed E-state index contributed by atoms with van der Waals surface area (Å²) in [7, 11) is 0. The fraction of sp³-hybridized carbons (Fsp3) is 0.400. The SMILES string of the molecule is CC(C)(C)OC(=O)N1CCN([C@@H](Cc2ccccc2)C(=O)[O-])C(=O)[C@@H]1Cc1ccccc1.[Li+]. The van der Waals surface area contributed by atoms with Gasteiger partial charge in [-0.25, -0.2) is 4.79 Å². The van der Waals surface area contributed by atoms with E-state index in [2.05, 4.69) is 0 Å². The van der Waals surface area contributed by atoms with E-state index in [0.717, 1.165) is 11.1 Å². The van der Waals surface area contributed by atoms with Crippen molar-refractivity contribution in [1.29, 1.82) is 0 Å². The minimum Gasteiger partial charge on any atom is -0.548 e. The van der Waals surface area contributed by atoms with Gasteiger partial charge in [-0.3, -0.25) is 9.69 Å². The molecule has 0 unspecified atom stereocenters. The van der Waals surface area contributed by atoms with Crippen molar-refractivity contribution in [3.8, 4) is 0 Å². The number of hydrogen-bond donors (Lipinski definition) is 0. The molecule has 0 aliphatic carbocycles. The first-order chi connectivity index (χ1) is 15.2. The Hall–Kier alpha value is -2.75. The number of carboxylic acids is 1. The number of piperazine rings is 1. The second-order valence-corrected chi connectivity index (χ2v) is 8.94. The third kappa shape index (κ3) is 7.11. The van der Waals surface area contributed by atoms with Crippen LogP contribution in [-0.2, 0) is 27.2 Å². The van der Waals surface area contributed by atoms with Crippen molar-refractivity contribution in [3.05, 3.63) is 71.8 Å². The molecule has 7 nitrogen and oxygen atoms in total. The smallest absolute Gasteiger partial charge is 0.548 e.